The Morgan fingerprint density at radius 3 is 2.88 bits per heavy atom. The average molecular weight is 323 g/mol. The van der Waals surface area contributed by atoms with E-state index in [1.807, 2.05) is 12.1 Å². The highest BCUT2D eigenvalue weighted by Gasteiger charge is 2.25. The lowest BCUT2D eigenvalue weighted by atomic mass is 9.94. The second-order valence-electron chi connectivity index (χ2n) is 6.29. The molecular formula is C18H21N5O. The van der Waals surface area contributed by atoms with Crippen LogP contribution in [0.4, 0.5) is 0 Å². The zero-order valence-electron chi connectivity index (χ0n) is 13.8. The average Bonchev–Trinajstić information content (AvgIpc) is 3.07. The van der Waals surface area contributed by atoms with E-state index < -0.39 is 0 Å². The lowest BCUT2D eigenvalue weighted by Crippen LogP contribution is -2.34. The monoisotopic (exact) mass is 323 g/mol. The molecule has 0 saturated carbocycles. The van der Waals surface area contributed by atoms with Gasteiger partial charge in [0, 0.05) is 31.4 Å². The van der Waals surface area contributed by atoms with Gasteiger partial charge in [-0.25, -0.2) is 9.97 Å². The van der Waals surface area contributed by atoms with Gasteiger partial charge in [0.05, 0.1) is 12.8 Å². The molecule has 124 valence electrons. The third-order valence-electron chi connectivity index (χ3n) is 4.70. The number of nitrogens with zero attached hydrogens (tertiary/aromatic N) is 4. The molecule has 6 nitrogen and oxygen atoms in total. The number of piperidine rings is 1. The van der Waals surface area contributed by atoms with Crippen LogP contribution in [0.1, 0.15) is 30.0 Å². The zero-order chi connectivity index (χ0) is 16.4. The van der Waals surface area contributed by atoms with Gasteiger partial charge in [-0.05, 0) is 37.1 Å². The van der Waals surface area contributed by atoms with Gasteiger partial charge in [0.15, 0.2) is 5.65 Å². The number of aromatic amines is 1. The summed E-state index contributed by atoms with van der Waals surface area (Å²) in [7, 11) is 1.70. The Bertz CT molecular complexity index is 814. The van der Waals surface area contributed by atoms with Crippen LogP contribution in [0, 0.1) is 0 Å². The molecule has 0 spiro atoms. The Balaban J connectivity index is 1.49. The summed E-state index contributed by atoms with van der Waals surface area (Å²) in [5, 5.41) is 7.46. The largest absolute Gasteiger partial charge is 0.497 e. The third-order valence-corrected chi connectivity index (χ3v) is 4.70. The number of ether oxygens (including phenoxy) is 1. The van der Waals surface area contributed by atoms with Gasteiger partial charge >= 0.3 is 0 Å². The molecule has 1 aliphatic heterocycles. The van der Waals surface area contributed by atoms with E-state index in [9.17, 15) is 0 Å². The first-order valence-corrected chi connectivity index (χ1v) is 8.34. The Hall–Kier alpha value is -2.47. The maximum absolute atomic E-state index is 5.23. The van der Waals surface area contributed by atoms with Crippen molar-refractivity contribution in [2.45, 2.75) is 25.3 Å². The lowest BCUT2D eigenvalue weighted by molar-refractivity contribution is 0.199. The van der Waals surface area contributed by atoms with E-state index in [4.69, 9.17) is 4.74 Å². The van der Waals surface area contributed by atoms with Crippen LogP contribution in [0.5, 0.6) is 5.75 Å². The molecule has 3 aromatic rings. The van der Waals surface area contributed by atoms with Gasteiger partial charge in [0.25, 0.3) is 0 Å². The van der Waals surface area contributed by atoms with Crippen molar-refractivity contribution < 1.29 is 4.74 Å². The molecule has 1 fully saturated rings. The molecule has 1 aromatic carbocycles. The van der Waals surface area contributed by atoms with E-state index in [2.05, 4.69) is 37.2 Å². The number of nitrogens with one attached hydrogen (secondary N) is 1. The van der Waals surface area contributed by atoms with Gasteiger partial charge < -0.3 is 4.74 Å². The Morgan fingerprint density at radius 1 is 1.21 bits per heavy atom. The first-order chi connectivity index (χ1) is 11.8. The highest BCUT2D eigenvalue weighted by molar-refractivity contribution is 5.72. The summed E-state index contributed by atoms with van der Waals surface area (Å²) in [6, 6.07) is 8.32. The van der Waals surface area contributed by atoms with Crippen molar-refractivity contribution in [3.05, 3.63) is 47.9 Å². The molecule has 1 aliphatic rings. The van der Waals surface area contributed by atoms with Crippen LogP contribution < -0.4 is 4.74 Å². The molecule has 0 aliphatic carbocycles. The van der Waals surface area contributed by atoms with Crippen molar-refractivity contribution in [1.82, 2.24) is 25.1 Å². The molecule has 2 aromatic heterocycles. The van der Waals surface area contributed by atoms with Crippen LogP contribution in [0.15, 0.2) is 36.7 Å². The lowest BCUT2D eigenvalue weighted by Gasteiger charge is -2.32. The summed E-state index contributed by atoms with van der Waals surface area (Å²) in [5.41, 5.74) is 4.05. The van der Waals surface area contributed by atoms with Crippen LogP contribution in [0.3, 0.4) is 0 Å². The molecule has 24 heavy (non-hydrogen) atoms. The van der Waals surface area contributed by atoms with E-state index in [-0.39, 0.29) is 0 Å². The minimum atomic E-state index is 0.429. The first kappa shape index (κ1) is 15.1. The minimum Gasteiger partial charge on any atom is -0.497 e. The van der Waals surface area contributed by atoms with Crippen molar-refractivity contribution in [3.8, 4) is 5.75 Å². The highest BCUT2D eigenvalue weighted by Crippen LogP contribution is 2.29. The number of benzene rings is 1. The van der Waals surface area contributed by atoms with Gasteiger partial charge in [-0.2, -0.15) is 5.10 Å². The molecule has 0 radical (unpaired) electrons. The van der Waals surface area contributed by atoms with E-state index in [1.54, 1.807) is 19.5 Å². The fourth-order valence-corrected chi connectivity index (χ4v) is 3.48. The van der Waals surface area contributed by atoms with Gasteiger partial charge in [-0.1, -0.05) is 12.1 Å². The van der Waals surface area contributed by atoms with Gasteiger partial charge in [-0.15, -0.1) is 0 Å². The fourth-order valence-electron chi connectivity index (χ4n) is 3.48. The molecular weight excluding hydrogens is 302 g/mol. The van der Waals surface area contributed by atoms with Crippen molar-refractivity contribution in [1.29, 1.82) is 0 Å². The van der Waals surface area contributed by atoms with E-state index >= 15 is 0 Å². The van der Waals surface area contributed by atoms with E-state index in [0.717, 1.165) is 43.0 Å². The molecule has 1 N–H and O–H groups in total. The quantitative estimate of drug-likeness (QED) is 0.799. The van der Waals surface area contributed by atoms with E-state index in [0.29, 0.717) is 11.6 Å². The van der Waals surface area contributed by atoms with Crippen molar-refractivity contribution in [3.63, 3.8) is 0 Å². The Morgan fingerprint density at radius 2 is 2.04 bits per heavy atom. The number of hydrogen-bond acceptors (Lipinski definition) is 5. The second-order valence-corrected chi connectivity index (χ2v) is 6.29. The molecule has 1 saturated heterocycles. The standard InChI is InChI=1S/C18H21N5O/c1-24-15-6-4-13(5-7-15)11-23-10-2-3-14(12-23)16-17-18(22-21-16)20-9-8-19-17/h4-9,14H,2-3,10-12H2,1H3,(H,20,21,22)/t14-/m0/s1. The summed E-state index contributed by atoms with van der Waals surface area (Å²) in [4.78, 5) is 11.2. The summed E-state index contributed by atoms with van der Waals surface area (Å²) in [5.74, 6) is 1.33. The van der Waals surface area contributed by atoms with Crippen LogP contribution in [-0.2, 0) is 6.54 Å². The van der Waals surface area contributed by atoms with Gasteiger partial charge in [0.2, 0.25) is 0 Å². The Kier molecular flexibility index (Phi) is 4.13. The number of likely N-dealkylation sites (tertiary alicyclic amines) is 1. The second kappa shape index (κ2) is 6.57. The first-order valence-electron chi connectivity index (χ1n) is 8.34. The summed E-state index contributed by atoms with van der Waals surface area (Å²) in [6.07, 6.45) is 5.76. The van der Waals surface area contributed by atoms with Gasteiger partial charge in [0.1, 0.15) is 11.3 Å². The highest BCUT2D eigenvalue weighted by atomic mass is 16.5. The van der Waals surface area contributed by atoms with Crippen molar-refractivity contribution >= 4 is 11.2 Å². The summed E-state index contributed by atoms with van der Waals surface area (Å²) < 4.78 is 5.23. The summed E-state index contributed by atoms with van der Waals surface area (Å²) in [6.45, 7) is 3.10. The number of rotatable bonds is 4. The maximum atomic E-state index is 5.23. The molecule has 6 heteroatoms. The topological polar surface area (TPSA) is 66.9 Å². The normalized spacial score (nSPS) is 18.8. The van der Waals surface area contributed by atoms with Crippen LogP contribution in [-0.4, -0.2) is 45.3 Å². The number of methoxy groups -OCH3 is 1. The van der Waals surface area contributed by atoms with Crippen molar-refractivity contribution in [2.24, 2.45) is 0 Å². The molecule has 4 rings (SSSR count). The number of hydrogen-bond donors (Lipinski definition) is 1. The van der Waals surface area contributed by atoms with Crippen LogP contribution in [0.2, 0.25) is 0 Å². The summed E-state index contributed by atoms with van der Waals surface area (Å²) >= 11 is 0. The van der Waals surface area contributed by atoms with Gasteiger partial charge in [-0.3, -0.25) is 10.00 Å². The van der Waals surface area contributed by atoms with Crippen LogP contribution in [0.25, 0.3) is 11.2 Å². The number of aromatic nitrogens is 4. The predicted molar refractivity (Wildman–Crippen MR) is 91.9 cm³/mol. The smallest absolute Gasteiger partial charge is 0.199 e. The SMILES string of the molecule is COc1ccc(CN2CCC[C@H](c3[nH]nc4nccnc34)C2)cc1. The molecule has 0 amide bonds. The molecule has 3 heterocycles. The Labute approximate surface area is 140 Å². The predicted octanol–water partition coefficient (Wildman–Crippen LogP) is 2.74. The molecule has 1 atom stereocenters. The number of H-pyrrole nitrogens is 1. The van der Waals surface area contributed by atoms with Crippen molar-refractivity contribution in [2.75, 3.05) is 20.2 Å². The zero-order valence-corrected chi connectivity index (χ0v) is 13.8. The number of fused-ring (bicyclic) bond motifs is 1. The van der Waals surface area contributed by atoms with E-state index in [1.165, 1.54) is 12.0 Å². The fraction of sp³-hybridized carbons (Fsp3) is 0.389. The minimum absolute atomic E-state index is 0.429. The molecule has 0 bridgehead atoms. The molecule has 0 unspecified atom stereocenters. The maximum Gasteiger partial charge on any atom is 0.199 e. The third kappa shape index (κ3) is 2.97. The van der Waals surface area contributed by atoms with Crippen LogP contribution >= 0.6 is 0 Å².